The van der Waals surface area contributed by atoms with Gasteiger partial charge in [0.15, 0.2) is 5.58 Å². The molecule has 0 radical (unpaired) electrons. The number of hydrogen-bond acceptors (Lipinski definition) is 4. The number of amides is 1. The number of aryl methyl sites for hydroxylation is 1. The van der Waals surface area contributed by atoms with Gasteiger partial charge in [0.2, 0.25) is 5.91 Å². The number of nitrogens with zero attached hydrogens (tertiary/aromatic N) is 1. The van der Waals surface area contributed by atoms with Crippen LogP contribution < -0.4 is 5.32 Å². The molecule has 0 saturated heterocycles. The first kappa shape index (κ1) is 12.6. The lowest BCUT2D eigenvalue weighted by atomic mass is 10.1. The summed E-state index contributed by atoms with van der Waals surface area (Å²) in [6, 6.07) is 5.35. The fourth-order valence-corrected chi connectivity index (χ4v) is 1.74. The van der Waals surface area contributed by atoms with E-state index in [0.717, 1.165) is 11.1 Å². The molecule has 2 N–H and O–H groups in total. The largest absolute Gasteiger partial charge is 0.390 e. The highest BCUT2D eigenvalue weighted by molar-refractivity contribution is 5.93. The standard InChI is InChI=1S/C13H16N2O3/c1-8-10-5-4-9(6-11(10)18-15-8)14-12(16)7-13(2,3)17/h4-6,17H,7H2,1-3H3,(H,14,16). The molecular formula is C13H16N2O3. The summed E-state index contributed by atoms with van der Waals surface area (Å²) in [6.45, 7) is 5.05. The average Bonchev–Trinajstić information content (AvgIpc) is 2.57. The van der Waals surface area contributed by atoms with Crippen LogP contribution in [0.25, 0.3) is 11.0 Å². The fraction of sp³-hybridized carbons (Fsp3) is 0.385. The third-order valence-electron chi connectivity index (χ3n) is 2.53. The van der Waals surface area contributed by atoms with Crippen LogP contribution in [-0.2, 0) is 4.79 Å². The van der Waals surface area contributed by atoms with E-state index in [-0.39, 0.29) is 12.3 Å². The van der Waals surface area contributed by atoms with E-state index in [2.05, 4.69) is 10.5 Å². The van der Waals surface area contributed by atoms with Crippen LogP contribution in [0.5, 0.6) is 0 Å². The highest BCUT2D eigenvalue weighted by Gasteiger charge is 2.18. The van der Waals surface area contributed by atoms with E-state index in [1.54, 1.807) is 26.0 Å². The molecule has 2 rings (SSSR count). The van der Waals surface area contributed by atoms with E-state index < -0.39 is 5.60 Å². The SMILES string of the molecule is Cc1noc2cc(NC(=O)CC(C)(C)O)ccc12. The number of nitrogens with one attached hydrogen (secondary N) is 1. The predicted molar refractivity (Wildman–Crippen MR) is 68.3 cm³/mol. The zero-order valence-electron chi connectivity index (χ0n) is 10.7. The van der Waals surface area contributed by atoms with E-state index >= 15 is 0 Å². The van der Waals surface area contributed by atoms with Crippen LogP contribution in [0.3, 0.4) is 0 Å². The molecule has 0 aliphatic heterocycles. The Morgan fingerprint density at radius 2 is 2.22 bits per heavy atom. The molecule has 0 bridgehead atoms. The summed E-state index contributed by atoms with van der Waals surface area (Å²) in [5, 5.41) is 17.0. The second-order valence-corrected chi connectivity index (χ2v) is 5.02. The molecule has 0 atom stereocenters. The zero-order chi connectivity index (χ0) is 13.3. The molecule has 0 spiro atoms. The molecule has 0 fully saturated rings. The number of aliphatic hydroxyl groups is 1. The van der Waals surface area contributed by atoms with Gasteiger partial charge in [0.25, 0.3) is 0 Å². The summed E-state index contributed by atoms with van der Waals surface area (Å²) in [6.07, 6.45) is 0.0421. The maximum absolute atomic E-state index is 11.7. The van der Waals surface area contributed by atoms with Gasteiger partial charge in [0.05, 0.1) is 17.7 Å². The van der Waals surface area contributed by atoms with Crippen molar-refractivity contribution in [2.45, 2.75) is 32.8 Å². The Morgan fingerprint density at radius 1 is 1.50 bits per heavy atom. The van der Waals surface area contributed by atoms with Crippen LogP contribution in [0.1, 0.15) is 26.0 Å². The molecule has 1 aromatic carbocycles. The van der Waals surface area contributed by atoms with Gasteiger partial charge < -0.3 is 14.9 Å². The summed E-state index contributed by atoms with van der Waals surface area (Å²) in [4.78, 5) is 11.7. The molecule has 2 aromatic rings. The van der Waals surface area contributed by atoms with Crippen LogP contribution in [-0.4, -0.2) is 21.8 Å². The van der Waals surface area contributed by atoms with Crippen molar-refractivity contribution in [1.82, 2.24) is 5.16 Å². The van der Waals surface area contributed by atoms with Gasteiger partial charge in [0.1, 0.15) is 0 Å². The van der Waals surface area contributed by atoms with E-state index in [4.69, 9.17) is 4.52 Å². The molecule has 96 valence electrons. The van der Waals surface area contributed by atoms with Gasteiger partial charge in [-0.2, -0.15) is 0 Å². The molecule has 5 nitrogen and oxygen atoms in total. The lowest BCUT2D eigenvalue weighted by Gasteiger charge is -2.16. The summed E-state index contributed by atoms with van der Waals surface area (Å²) in [5.74, 6) is -0.238. The number of benzene rings is 1. The third kappa shape index (κ3) is 2.87. The molecule has 0 saturated carbocycles. The first-order valence-electron chi connectivity index (χ1n) is 5.73. The summed E-state index contributed by atoms with van der Waals surface area (Å²) >= 11 is 0. The molecule has 18 heavy (non-hydrogen) atoms. The maximum Gasteiger partial charge on any atom is 0.227 e. The van der Waals surface area contributed by atoms with Crippen LogP contribution in [0.15, 0.2) is 22.7 Å². The normalized spacial score (nSPS) is 11.8. The van der Waals surface area contributed by atoms with Crippen LogP contribution >= 0.6 is 0 Å². The van der Waals surface area contributed by atoms with Crippen molar-refractivity contribution in [3.8, 4) is 0 Å². The lowest BCUT2D eigenvalue weighted by molar-refractivity contribution is -0.119. The number of carbonyl (C=O) groups is 1. The van der Waals surface area contributed by atoms with E-state index in [1.165, 1.54) is 0 Å². The second kappa shape index (κ2) is 4.42. The molecule has 0 aliphatic carbocycles. The Hall–Kier alpha value is -1.88. The highest BCUT2D eigenvalue weighted by atomic mass is 16.5. The Morgan fingerprint density at radius 3 is 2.89 bits per heavy atom. The van der Waals surface area contributed by atoms with Crippen molar-refractivity contribution in [1.29, 1.82) is 0 Å². The fourth-order valence-electron chi connectivity index (χ4n) is 1.74. The van der Waals surface area contributed by atoms with Crippen LogP contribution in [0.2, 0.25) is 0 Å². The smallest absolute Gasteiger partial charge is 0.227 e. The minimum absolute atomic E-state index is 0.0421. The van der Waals surface area contributed by atoms with Crippen molar-refractivity contribution >= 4 is 22.6 Å². The van der Waals surface area contributed by atoms with Gasteiger partial charge in [-0.15, -0.1) is 0 Å². The van der Waals surface area contributed by atoms with Gasteiger partial charge in [-0.1, -0.05) is 5.16 Å². The molecule has 1 amide bonds. The van der Waals surface area contributed by atoms with Gasteiger partial charge in [-0.3, -0.25) is 4.79 Å². The molecule has 1 heterocycles. The van der Waals surface area contributed by atoms with Crippen molar-refractivity contribution < 1.29 is 14.4 Å². The van der Waals surface area contributed by atoms with E-state index in [9.17, 15) is 9.90 Å². The Bertz CT molecular complexity index is 581. The zero-order valence-corrected chi connectivity index (χ0v) is 10.7. The van der Waals surface area contributed by atoms with Crippen LogP contribution in [0.4, 0.5) is 5.69 Å². The first-order chi connectivity index (χ1) is 8.35. The topological polar surface area (TPSA) is 75.4 Å². The van der Waals surface area contributed by atoms with Gasteiger partial charge in [-0.05, 0) is 32.9 Å². The van der Waals surface area contributed by atoms with Gasteiger partial charge in [0, 0.05) is 17.1 Å². The number of carbonyl (C=O) groups excluding carboxylic acids is 1. The van der Waals surface area contributed by atoms with Gasteiger partial charge in [-0.25, -0.2) is 0 Å². The molecule has 5 heteroatoms. The monoisotopic (exact) mass is 248 g/mol. The predicted octanol–water partition coefficient (Wildman–Crippen LogP) is 2.24. The third-order valence-corrected chi connectivity index (χ3v) is 2.53. The Kier molecular flexibility index (Phi) is 3.09. The highest BCUT2D eigenvalue weighted by Crippen LogP contribution is 2.22. The van der Waals surface area contributed by atoms with Crippen molar-refractivity contribution in [3.05, 3.63) is 23.9 Å². The maximum atomic E-state index is 11.7. The van der Waals surface area contributed by atoms with E-state index in [1.807, 2.05) is 13.0 Å². The minimum Gasteiger partial charge on any atom is -0.390 e. The Labute approximate surface area is 105 Å². The number of fused-ring (bicyclic) bond motifs is 1. The van der Waals surface area contributed by atoms with Crippen molar-refractivity contribution in [3.63, 3.8) is 0 Å². The number of rotatable bonds is 3. The summed E-state index contributed by atoms with van der Waals surface area (Å²) < 4.78 is 5.12. The summed E-state index contributed by atoms with van der Waals surface area (Å²) in [7, 11) is 0. The molecule has 0 aliphatic rings. The van der Waals surface area contributed by atoms with Crippen LogP contribution in [0, 0.1) is 6.92 Å². The van der Waals surface area contributed by atoms with Crippen molar-refractivity contribution in [2.75, 3.05) is 5.32 Å². The average molecular weight is 248 g/mol. The second-order valence-electron chi connectivity index (χ2n) is 5.02. The quantitative estimate of drug-likeness (QED) is 0.873. The number of aromatic nitrogens is 1. The first-order valence-corrected chi connectivity index (χ1v) is 5.73. The van der Waals surface area contributed by atoms with Crippen molar-refractivity contribution in [2.24, 2.45) is 0 Å². The number of anilines is 1. The Balaban J connectivity index is 2.15. The summed E-state index contributed by atoms with van der Waals surface area (Å²) in [5.41, 5.74) is 1.07. The lowest BCUT2D eigenvalue weighted by Crippen LogP contribution is -2.27. The minimum atomic E-state index is -1.02. The molecule has 0 unspecified atom stereocenters. The molecular weight excluding hydrogens is 232 g/mol. The molecule has 1 aromatic heterocycles. The number of hydrogen-bond donors (Lipinski definition) is 2. The van der Waals surface area contributed by atoms with Gasteiger partial charge >= 0.3 is 0 Å². The van der Waals surface area contributed by atoms with E-state index in [0.29, 0.717) is 11.3 Å².